The molecular formula is C24H26N6O3. The summed E-state index contributed by atoms with van der Waals surface area (Å²) in [5.74, 6) is -0.0627. The summed E-state index contributed by atoms with van der Waals surface area (Å²) >= 11 is 0. The third-order valence-electron chi connectivity index (χ3n) is 7.50. The van der Waals surface area contributed by atoms with Gasteiger partial charge < -0.3 is 15.2 Å². The second-order valence-electron chi connectivity index (χ2n) is 10.3. The minimum absolute atomic E-state index is 0.134. The number of aromatic nitrogens is 4. The van der Waals surface area contributed by atoms with Crippen LogP contribution in [0.25, 0.3) is 10.9 Å². The van der Waals surface area contributed by atoms with E-state index in [9.17, 15) is 14.4 Å². The average molecular weight is 447 g/mol. The van der Waals surface area contributed by atoms with Crippen LogP contribution in [0.3, 0.4) is 0 Å². The molecule has 0 radical (unpaired) electrons. The molecule has 33 heavy (non-hydrogen) atoms. The lowest BCUT2D eigenvalue weighted by atomic mass is 9.67. The highest BCUT2D eigenvalue weighted by Crippen LogP contribution is 2.60. The number of Topliss-reactive ketones (excluding diaryl/α,β-unsaturated/α-hetero) is 1. The van der Waals surface area contributed by atoms with Gasteiger partial charge in [0.15, 0.2) is 5.78 Å². The summed E-state index contributed by atoms with van der Waals surface area (Å²) in [7, 11) is 0. The van der Waals surface area contributed by atoms with Crippen molar-refractivity contribution in [3.63, 3.8) is 0 Å². The van der Waals surface area contributed by atoms with Crippen LogP contribution in [0.5, 0.6) is 0 Å². The van der Waals surface area contributed by atoms with Crippen molar-refractivity contribution in [3.05, 3.63) is 47.2 Å². The van der Waals surface area contributed by atoms with Crippen molar-refractivity contribution < 1.29 is 14.4 Å². The molecule has 6 rings (SSSR count). The lowest BCUT2D eigenvalue weighted by Gasteiger charge is -2.35. The highest BCUT2D eigenvalue weighted by atomic mass is 16.2. The van der Waals surface area contributed by atoms with Gasteiger partial charge in [0.05, 0.1) is 5.69 Å². The molecule has 1 aromatic carbocycles. The van der Waals surface area contributed by atoms with E-state index in [0.29, 0.717) is 30.8 Å². The first kappa shape index (κ1) is 20.1. The molecule has 9 heteroatoms. The number of hydrogen-bond donors (Lipinski definition) is 3. The maximum atomic E-state index is 13.1. The van der Waals surface area contributed by atoms with Crippen LogP contribution in [-0.4, -0.2) is 61.8 Å². The van der Waals surface area contributed by atoms with Gasteiger partial charge in [-0.3, -0.25) is 19.5 Å². The zero-order valence-corrected chi connectivity index (χ0v) is 18.7. The molecule has 3 heterocycles. The highest BCUT2D eigenvalue weighted by molar-refractivity contribution is 6.09. The minimum atomic E-state index is -0.242. The predicted molar refractivity (Wildman–Crippen MR) is 120 cm³/mol. The van der Waals surface area contributed by atoms with Crippen LogP contribution < -0.4 is 5.32 Å². The number of amides is 2. The molecule has 1 atom stereocenters. The Bertz CT molecular complexity index is 1300. The highest BCUT2D eigenvalue weighted by Gasteiger charge is 2.57. The van der Waals surface area contributed by atoms with Crippen molar-refractivity contribution in [1.82, 2.24) is 30.4 Å². The van der Waals surface area contributed by atoms with Crippen molar-refractivity contribution in [1.29, 1.82) is 0 Å². The minimum Gasteiger partial charge on any atom is -0.352 e. The summed E-state index contributed by atoms with van der Waals surface area (Å²) in [5, 5.41) is 10.4. The molecule has 1 spiro atoms. The van der Waals surface area contributed by atoms with Gasteiger partial charge in [0.1, 0.15) is 6.33 Å². The normalized spacial score (nSPS) is 22.5. The average Bonchev–Trinajstić information content (AvgIpc) is 3.22. The molecule has 1 aliphatic heterocycles. The van der Waals surface area contributed by atoms with Gasteiger partial charge in [-0.25, -0.2) is 4.98 Å². The molecule has 2 aromatic heterocycles. The van der Waals surface area contributed by atoms with E-state index in [4.69, 9.17) is 0 Å². The van der Waals surface area contributed by atoms with Gasteiger partial charge >= 0.3 is 0 Å². The first-order valence-electron chi connectivity index (χ1n) is 11.4. The van der Waals surface area contributed by atoms with Crippen molar-refractivity contribution in [2.45, 2.75) is 51.0 Å². The zero-order chi connectivity index (χ0) is 23.0. The zero-order valence-electron chi connectivity index (χ0n) is 18.7. The SMILES string of the molecule is CC1(C)CC2(CC2)C(=O)c2[nH]c3ccc(C(=O)NC4CCN(C(=O)c5nc[nH]n5)C4)cc3c21. The Kier molecular flexibility index (Phi) is 4.12. The van der Waals surface area contributed by atoms with Crippen molar-refractivity contribution in [3.8, 4) is 0 Å². The summed E-state index contributed by atoms with van der Waals surface area (Å²) in [6.07, 6.45) is 4.83. The molecule has 3 aromatic rings. The predicted octanol–water partition coefficient (Wildman–Crippen LogP) is 2.57. The van der Waals surface area contributed by atoms with E-state index < -0.39 is 0 Å². The molecule has 1 saturated carbocycles. The summed E-state index contributed by atoms with van der Waals surface area (Å²) < 4.78 is 0. The van der Waals surface area contributed by atoms with Gasteiger partial charge in [0.25, 0.3) is 11.8 Å². The summed E-state index contributed by atoms with van der Waals surface area (Å²) in [6.45, 7) is 5.35. The van der Waals surface area contributed by atoms with Crippen molar-refractivity contribution in [2.75, 3.05) is 13.1 Å². The Balaban J connectivity index is 1.23. The fraction of sp³-hybridized carbons (Fsp3) is 0.458. The van der Waals surface area contributed by atoms with E-state index in [2.05, 4.69) is 39.3 Å². The molecule has 1 unspecified atom stereocenters. The van der Waals surface area contributed by atoms with E-state index in [1.165, 1.54) is 6.33 Å². The van der Waals surface area contributed by atoms with Crippen LogP contribution in [0.15, 0.2) is 24.5 Å². The molecular weight excluding hydrogens is 420 g/mol. The lowest BCUT2D eigenvalue weighted by molar-refractivity contribution is 0.0771. The molecule has 2 fully saturated rings. The molecule has 2 amide bonds. The van der Waals surface area contributed by atoms with Gasteiger partial charge in [-0.2, -0.15) is 0 Å². The third kappa shape index (κ3) is 3.09. The van der Waals surface area contributed by atoms with Gasteiger partial charge in [0.2, 0.25) is 5.82 Å². The third-order valence-corrected chi connectivity index (χ3v) is 7.50. The molecule has 1 saturated heterocycles. The lowest BCUT2D eigenvalue weighted by Crippen LogP contribution is -2.38. The number of carbonyl (C=O) groups excluding carboxylic acids is 3. The second kappa shape index (κ2) is 6.76. The first-order chi connectivity index (χ1) is 15.8. The van der Waals surface area contributed by atoms with Gasteiger partial charge in [-0.1, -0.05) is 13.8 Å². The summed E-state index contributed by atoms with van der Waals surface area (Å²) in [4.78, 5) is 47.5. The number of H-pyrrole nitrogens is 2. The molecule has 3 aliphatic rings. The van der Waals surface area contributed by atoms with Gasteiger partial charge in [-0.15, -0.1) is 5.10 Å². The largest absolute Gasteiger partial charge is 0.352 e. The number of hydrogen-bond acceptors (Lipinski definition) is 5. The number of benzene rings is 1. The van der Waals surface area contributed by atoms with E-state index in [1.807, 2.05) is 12.1 Å². The monoisotopic (exact) mass is 446 g/mol. The summed E-state index contributed by atoms with van der Waals surface area (Å²) in [6, 6.07) is 5.43. The van der Waals surface area contributed by atoms with Gasteiger partial charge in [-0.05, 0) is 54.9 Å². The van der Waals surface area contributed by atoms with E-state index in [-0.39, 0.29) is 40.3 Å². The van der Waals surface area contributed by atoms with Crippen molar-refractivity contribution >= 4 is 28.5 Å². The van der Waals surface area contributed by atoms with Crippen LogP contribution in [-0.2, 0) is 5.41 Å². The number of fused-ring (bicyclic) bond motifs is 3. The number of aromatic amines is 2. The number of carbonyl (C=O) groups is 3. The maximum absolute atomic E-state index is 13.1. The number of nitrogens with one attached hydrogen (secondary N) is 3. The van der Waals surface area contributed by atoms with E-state index in [0.717, 1.165) is 35.7 Å². The summed E-state index contributed by atoms with van der Waals surface area (Å²) in [5.41, 5.74) is 2.86. The van der Waals surface area contributed by atoms with E-state index >= 15 is 0 Å². The molecule has 0 bridgehead atoms. The maximum Gasteiger partial charge on any atom is 0.293 e. The Labute approximate surface area is 190 Å². The molecule has 9 nitrogen and oxygen atoms in total. The number of nitrogens with zero attached hydrogens (tertiary/aromatic N) is 3. The molecule has 2 aliphatic carbocycles. The Hall–Kier alpha value is -3.49. The molecule has 3 N–H and O–H groups in total. The van der Waals surface area contributed by atoms with E-state index in [1.54, 1.807) is 11.0 Å². The Morgan fingerprint density at radius 2 is 2.06 bits per heavy atom. The first-order valence-corrected chi connectivity index (χ1v) is 11.4. The fourth-order valence-electron chi connectivity index (χ4n) is 5.83. The van der Waals surface area contributed by atoms with Crippen molar-refractivity contribution in [2.24, 2.45) is 5.41 Å². The standard InChI is InChI=1S/C24H26N6O3/c1-23(2)11-24(6-7-24)19(31)18-17(23)15-9-13(3-4-16(15)28-18)21(32)27-14-5-8-30(10-14)22(33)20-25-12-26-29-20/h3-4,9,12,14,28H,5-8,10-11H2,1-2H3,(H,27,32)(H,25,26,29). The number of rotatable bonds is 3. The Morgan fingerprint density at radius 3 is 2.79 bits per heavy atom. The quantitative estimate of drug-likeness (QED) is 0.570. The van der Waals surface area contributed by atoms with Crippen LogP contribution >= 0.6 is 0 Å². The number of ketones is 1. The smallest absolute Gasteiger partial charge is 0.293 e. The Morgan fingerprint density at radius 1 is 1.24 bits per heavy atom. The number of likely N-dealkylation sites (tertiary alicyclic amines) is 1. The van der Waals surface area contributed by atoms with Crippen LogP contribution in [0, 0.1) is 5.41 Å². The molecule has 170 valence electrons. The van der Waals surface area contributed by atoms with Crippen LogP contribution in [0.2, 0.25) is 0 Å². The van der Waals surface area contributed by atoms with Crippen LogP contribution in [0.1, 0.15) is 76.6 Å². The van der Waals surface area contributed by atoms with Crippen LogP contribution in [0.4, 0.5) is 0 Å². The fourth-order valence-corrected chi connectivity index (χ4v) is 5.83. The second-order valence-corrected chi connectivity index (χ2v) is 10.3. The topological polar surface area (TPSA) is 124 Å². The van der Waals surface area contributed by atoms with Gasteiger partial charge in [0, 0.05) is 41.0 Å².